The van der Waals surface area contributed by atoms with Gasteiger partial charge in [-0.25, -0.2) is 0 Å². The van der Waals surface area contributed by atoms with E-state index in [9.17, 15) is 14.9 Å². The number of alkyl halides is 1. The molecule has 1 aromatic carbocycles. The maximum absolute atomic E-state index is 12.4. The molecule has 1 aromatic rings. The van der Waals surface area contributed by atoms with Crippen molar-refractivity contribution in [2.75, 3.05) is 5.33 Å². The van der Waals surface area contributed by atoms with Gasteiger partial charge < -0.3 is 5.32 Å². The molecule has 0 bridgehead atoms. The second-order valence-electron chi connectivity index (χ2n) is 4.80. The summed E-state index contributed by atoms with van der Waals surface area (Å²) in [5, 5.41) is 14.6. The lowest BCUT2D eigenvalue weighted by Crippen LogP contribution is -2.49. The van der Waals surface area contributed by atoms with Crippen molar-refractivity contribution >= 4 is 27.5 Å². The molecule has 5 nitrogen and oxygen atoms in total. The third-order valence-corrected chi connectivity index (χ3v) is 4.74. The summed E-state index contributed by atoms with van der Waals surface area (Å²) in [5.74, 6) is -0.391. The van der Waals surface area contributed by atoms with Gasteiger partial charge in [0, 0.05) is 16.9 Å². The molecule has 0 aliphatic heterocycles. The van der Waals surface area contributed by atoms with Crippen molar-refractivity contribution in [1.29, 1.82) is 0 Å². The SMILES string of the molecule is CCC(CC)(CBr)NC(=O)c1c(C)cccc1[N+](=O)[O-]. The minimum absolute atomic E-state index is 0.143. The summed E-state index contributed by atoms with van der Waals surface area (Å²) in [6, 6.07) is 4.65. The van der Waals surface area contributed by atoms with Gasteiger partial charge in [-0.1, -0.05) is 41.9 Å². The monoisotopic (exact) mass is 342 g/mol. The Morgan fingerprint density at radius 3 is 2.45 bits per heavy atom. The number of carbonyl (C=O) groups is 1. The fourth-order valence-corrected chi connectivity index (χ4v) is 2.99. The second kappa shape index (κ2) is 6.83. The Balaban J connectivity index is 3.19. The largest absolute Gasteiger partial charge is 0.346 e. The normalized spacial score (nSPS) is 11.2. The number of hydrogen-bond acceptors (Lipinski definition) is 3. The summed E-state index contributed by atoms with van der Waals surface area (Å²) in [6.45, 7) is 5.67. The first kappa shape index (κ1) is 16.6. The molecule has 0 radical (unpaired) electrons. The fourth-order valence-electron chi connectivity index (χ4n) is 2.05. The van der Waals surface area contributed by atoms with Gasteiger partial charge in [0.25, 0.3) is 11.6 Å². The van der Waals surface area contributed by atoms with E-state index in [1.165, 1.54) is 6.07 Å². The first-order chi connectivity index (χ1) is 9.40. The number of hydrogen-bond donors (Lipinski definition) is 1. The van der Waals surface area contributed by atoms with Crippen molar-refractivity contribution in [3.63, 3.8) is 0 Å². The molecule has 0 unspecified atom stereocenters. The van der Waals surface area contributed by atoms with Crippen molar-refractivity contribution in [2.45, 2.75) is 39.2 Å². The van der Waals surface area contributed by atoms with E-state index in [2.05, 4.69) is 21.2 Å². The van der Waals surface area contributed by atoms with Crippen molar-refractivity contribution in [1.82, 2.24) is 5.32 Å². The van der Waals surface area contributed by atoms with Gasteiger partial charge in [-0.05, 0) is 25.3 Å². The molecule has 1 rings (SSSR count). The summed E-state index contributed by atoms with van der Waals surface area (Å²) < 4.78 is 0. The molecule has 0 aliphatic carbocycles. The minimum Gasteiger partial charge on any atom is -0.346 e. The molecule has 0 fully saturated rings. The Kier molecular flexibility index (Phi) is 5.68. The minimum atomic E-state index is -0.518. The number of halogens is 1. The second-order valence-corrected chi connectivity index (χ2v) is 5.36. The highest BCUT2D eigenvalue weighted by atomic mass is 79.9. The molecule has 0 saturated carbocycles. The van der Waals surface area contributed by atoms with Crippen LogP contribution in [0.2, 0.25) is 0 Å². The molecule has 0 atom stereocenters. The van der Waals surface area contributed by atoms with Crippen LogP contribution in [0.4, 0.5) is 5.69 Å². The number of aryl methyl sites for hydroxylation is 1. The summed E-state index contributed by atoms with van der Waals surface area (Å²) in [6.07, 6.45) is 1.50. The number of rotatable bonds is 6. The average Bonchev–Trinajstić information content (AvgIpc) is 2.44. The Morgan fingerprint density at radius 1 is 1.40 bits per heavy atom. The van der Waals surface area contributed by atoms with Crippen LogP contribution in [0.15, 0.2) is 18.2 Å². The van der Waals surface area contributed by atoms with Gasteiger partial charge in [0.1, 0.15) is 5.56 Å². The summed E-state index contributed by atoms with van der Waals surface area (Å²) >= 11 is 3.41. The summed E-state index contributed by atoms with van der Waals surface area (Å²) in [5.41, 5.74) is 0.211. The number of nitro benzene ring substituents is 1. The molecular weight excluding hydrogens is 324 g/mol. The highest BCUT2D eigenvalue weighted by Gasteiger charge is 2.30. The average molecular weight is 343 g/mol. The first-order valence-electron chi connectivity index (χ1n) is 6.53. The lowest BCUT2D eigenvalue weighted by atomic mass is 9.94. The zero-order valence-corrected chi connectivity index (χ0v) is 13.5. The van der Waals surface area contributed by atoms with Crippen molar-refractivity contribution in [3.05, 3.63) is 39.4 Å². The molecule has 110 valence electrons. The van der Waals surface area contributed by atoms with Crippen LogP contribution < -0.4 is 5.32 Å². The van der Waals surface area contributed by atoms with Crippen molar-refractivity contribution in [3.8, 4) is 0 Å². The molecule has 0 aliphatic rings. The predicted molar refractivity (Wildman–Crippen MR) is 82.4 cm³/mol. The van der Waals surface area contributed by atoms with Gasteiger partial charge in [0.2, 0.25) is 0 Å². The van der Waals surface area contributed by atoms with Gasteiger partial charge in [0.15, 0.2) is 0 Å². The van der Waals surface area contributed by atoms with E-state index in [0.717, 1.165) is 12.8 Å². The quantitative estimate of drug-likeness (QED) is 0.487. The summed E-state index contributed by atoms with van der Waals surface area (Å²) in [7, 11) is 0. The third kappa shape index (κ3) is 3.36. The van der Waals surface area contributed by atoms with Crippen LogP contribution >= 0.6 is 15.9 Å². The lowest BCUT2D eigenvalue weighted by Gasteiger charge is -2.31. The third-order valence-electron chi connectivity index (χ3n) is 3.66. The zero-order valence-electron chi connectivity index (χ0n) is 11.9. The Bertz CT molecular complexity index is 505. The van der Waals surface area contributed by atoms with E-state index in [-0.39, 0.29) is 16.8 Å². The standard InChI is InChI=1S/C14H19BrN2O3/c1-4-14(5-2,9-15)16-13(18)12-10(3)7-6-8-11(12)17(19)20/h6-8H,4-5,9H2,1-3H3,(H,16,18). The van der Waals surface area contributed by atoms with Crippen molar-refractivity contribution in [2.24, 2.45) is 0 Å². The molecule has 0 spiro atoms. The van der Waals surface area contributed by atoms with Gasteiger partial charge in [-0.3, -0.25) is 14.9 Å². The number of nitrogens with one attached hydrogen (secondary N) is 1. The number of nitro groups is 1. The highest BCUT2D eigenvalue weighted by Crippen LogP contribution is 2.24. The van der Waals surface area contributed by atoms with Gasteiger partial charge >= 0.3 is 0 Å². The maximum Gasteiger partial charge on any atom is 0.282 e. The Hall–Kier alpha value is -1.43. The molecule has 20 heavy (non-hydrogen) atoms. The van der Waals surface area contributed by atoms with Crippen LogP contribution in [0.1, 0.15) is 42.6 Å². The number of carbonyl (C=O) groups excluding carboxylic acids is 1. The number of nitrogens with zero attached hydrogens (tertiary/aromatic N) is 1. The number of benzene rings is 1. The van der Waals surface area contributed by atoms with E-state index in [0.29, 0.717) is 10.9 Å². The van der Waals surface area contributed by atoms with Crippen LogP contribution in [0, 0.1) is 17.0 Å². The predicted octanol–water partition coefficient (Wildman–Crippen LogP) is 3.59. The first-order valence-corrected chi connectivity index (χ1v) is 7.65. The van der Waals surface area contributed by atoms with Crippen LogP contribution in [0.5, 0.6) is 0 Å². The van der Waals surface area contributed by atoms with E-state index < -0.39 is 10.8 Å². The van der Waals surface area contributed by atoms with E-state index in [1.807, 2.05) is 13.8 Å². The molecule has 1 amide bonds. The smallest absolute Gasteiger partial charge is 0.282 e. The topological polar surface area (TPSA) is 72.2 Å². The Labute approximate surface area is 127 Å². The highest BCUT2D eigenvalue weighted by molar-refractivity contribution is 9.09. The fraction of sp³-hybridized carbons (Fsp3) is 0.500. The van der Waals surface area contributed by atoms with Gasteiger partial charge in [-0.15, -0.1) is 0 Å². The maximum atomic E-state index is 12.4. The van der Waals surface area contributed by atoms with Crippen LogP contribution in [-0.2, 0) is 0 Å². The van der Waals surface area contributed by atoms with Crippen LogP contribution in [-0.4, -0.2) is 21.7 Å². The summed E-state index contributed by atoms with van der Waals surface area (Å²) in [4.78, 5) is 23.0. The van der Waals surface area contributed by atoms with E-state index >= 15 is 0 Å². The molecule has 6 heteroatoms. The molecule has 0 heterocycles. The van der Waals surface area contributed by atoms with E-state index in [1.54, 1.807) is 19.1 Å². The Morgan fingerprint density at radius 2 is 2.00 bits per heavy atom. The zero-order chi connectivity index (χ0) is 15.3. The van der Waals surface area contributed by atoms with E-state index in [4.69, 9.17) is 0 Å². The van der Waals surface area contributed by atoms with Gasteiger partial charge in [-0.2, -0.15) is 0 Å². The number of amides is 1. The molecule has 1 N–H and O–H groups in total. The molecule has 0 aromatic heterocycles. The van der Waals surface area contributed by atoms with Crippen LogP contribution in [0.3, 0.4) is 0 Å². The van der Waals surface area contributed by atoms with Crippen molar-refractivity contribution < 1.29 is 9.72 Å². The van der Waals surface area contributed by atoms with Crippen LogP contribution in [0.25, 0.3) is 0 Å². The molecular formula is C14H19BrN2O3. The molecule has 0 saturated heterocycles. The lowest BCUT2D eigenvalue weighted by molar-refractivity contribution is -0.385. The van der Waals surface area contributed by atoms with Gasteiger partial charge in [0.05, 0.1) is 4.92 Å².